The molecule has 0 spiro atoms. The summed E-state index contributed by atoms with van der Waals surface area (Å²) in [6, 6.07) is 0. The number of hydrogen-bond acceptors (Lipinski definition) is 2. The van der Waals surface area contributed by atoms with E-state index >= 15 is 0 Å². The first kappa shape index (κ1) is 4.96. The minimum absolute atomic E-state index is 0.0880. The Hall–Kier alpha value is -1.19. The van der Waals surface area contributed by atoms with Crippen molar-refractivity contribution in [3.8, 4) is 0 Å². The molecule has 1 aromatic heterocycles. The van der Waals surface area contributed by atoms with Gasteiger partial charge in [0.2, 0.25) is 0 Å². The first-order chi connectivity index (χ1) is 3.84. The van der Waals surface area contributed by atoms with Gasteiger partial charge in [0.15, 0.2) is 11.6 Å². The van der Waals surface area contributed by atoms with E-state index in [9.17, 15) is 4.39 Å². The minimum atomic E-state index is -0.472. The van der Waals surface area contributed by atoms with Crippen LogP contribution in [0.4, 0.5) is 10.2 Å². The third-order valence-corrected chi connectivity index (χ3v) is 0.733. The molecule has 8 heavy (non-hydrogen) atoms. The molecule has 0 unspecified atom stereocenters. The average molecular weight is 113 g/mol. The van der Waals surface area contributed by atoms with Gasteiger partial charge in [-0.1, -0.05) is 0 Å². The number of aromatic amines is 1. The van der Waals surface area contributed by atoms with Crippen LogP contribution in [0.15, 0.2) is 11.2 Å². The van der Waals surface area contributed by atoms with Crippen LogP contribution in [-0.2, 0) is 0 Å². The molecule has 1 heterocycles. The van der Waals surface area contributed by atoms with Crippen molar-refractivity contribution in [2.24, 2.45) is 4.99 Å². The average Bonchev–Trinajstić information content (AvgIpc) is 2.14. The molecule has 1 aromatic rings. The van der Waals surface area contributed by atoms with Gasteiger partial charge >= 0.3 is 0 Å². The van der Waals surface area contributed by atoms with E-state index in [0.29, 0.717) is 0 Å². The summed E-state index contributed by atoms with van der Waals surface area (Å²) < 4.78 is 12.1. The largest absolute Gasteiger partial charge is 0.259 e. The molecule has 0 saturated heterocycles. The van der Waals surface area contributed by atoms with E-state index in [1.165, 1.54) is 0 Å². The first-order valence-electron chi connectivity index (χ1n) is 2.00. The predicted molar refractivity (Wildman–Crippen MR) is 27.8 cm³/mol. The third kappa shape index (κ3) is 0.598. The molecule has 0 aromatic carbocycles. The number of H-pyrrole nitrogens is 1. The second kappa shape index (κ2) is 1.73. The van der Waals surface area contributed by atoms with Gasteiger partial charge in [-0.05, 0) is 6.72 Å². The molecule has 0 atom stereocenters. The zero-order chi connectivity index (χ0) is 5.98. The van der Waals surface area contributed by atoms with E-state index in [2.05, 4.69) is 21.9 Å². The van der Waals surface area contributed by atoms with Crippen molar-refractivity contribution in [1.82, 2.24) is 10.2 Å². The highest BCUT2D eigenvalue weighted by Crippen LogP contribution is 2.09. The summed E-state index contributed by atoms with van der Waals surface area (Å²) >= 11 is 0. The van der Waals surface area contributed by atoms with Gasteiger partial charge in [0.05, 0.1) is 6.20 Å². The lowest BCUT2D eigenvalue weighted by atomic mass is 10.6. The van der Waals surface area contributed by atoms with Crippen LogP contribution >= 0.6 is 0 Å². The van der Waals surface area contributed by atoms with Crippen LogP contribution in [0, 0.1) is 5.82 Å². The van der Waals surface area contributed by atoms with Crippen molar-refractivity contribution in [2.75, 3.05) is 0 Å². The Kier molecular flexibility index (Phi) is 1.07. The molecule has 1 rings (SSSR count). The number of aromatic nitrogens is 2. The Labute approximate surface area is 45.3 Å². The fraction of sp³-hybridized carbons (Fsp3) is 0. The van der Waals surface area contributed by atoms with E-state index in [1.54, 1.807) is 0 Å². The Morgan fingerprint density at radius 1 is 1.88 bits per heavy atom. The van der Waals surface area contributed by atoms with Gasteiger partial charge in [0, 0.05) is 0 Å². The van der Waals surface area contributed by atoms with Gasteiger partial charge in [0.1, 0.15) is 0 Å². The molecular formula is C4H4FN3. The number of nitrogens with zero attached hydrogens (tertiary/aromatic N) is 2. The summed E-state index contributed by atoms with van der Waals surface area (Å²) in [7, 11) is 0. The second-order valence-electron chi connectivity index (χ2n) is 1.22. The van der Waals surface area contributed by atoms with Crippen molar-refractivity contribution in [3.05, 3.63) is 12.0 Å². The lowest BCUT2D eigenvalue weighted by molar-refractivity contribution is 0.631. The van der Waals surface area contributed by atoms with Crippen LogP contribution in [0.5, 0.6) is 0 Å². The molecule has 42 valence electrons. The second-order valence-corrected chi connectivity index (χ2v) is 1.22. The van der Waals surface area contributed by atoms with Gasteiger partial charge in [0.25, 0.3) is 0 Å². The molecule has 0 aliphatic carbocycles. The van der Waals surface area contributed by atoms with Crippen molar-refractivity contribution >= 4 is 12.5 Å². The molecule has 3 nitrogen and oxygen atoms in total. The molecule has 1 N–H and O–H groups in total. The monoisotopic (exact) mass is 113 g/mol. The molecular weight excluding hydrogens is 109 g/mol. The van der Waals surface area contributed by atoms with Crippen LogP contribution in [0.25, 0.3) is 0 Å². The maximum absolute atomic E-state index is 12.1. The standard InChI is InChI=1S/C4H4FN3/c1-6-4-3(5)2-7-8-4/h2H,1H2,(H,7,8). The Morgan fingerprint density at radius 3 is 2.88 bits per heavy atom. The SMILES string of the molecule is C=Nc1[nH]ncc1F. The summed E-state index contributed by atoms with van der Waals surface area (Å²) in [6.45, 7) is 3.10. The number of aliphatic imine (C=N–C) groups is 1. The van der Waals surface area contributed by atoms with E-state index in [-0.39, 0.29) is 5.82 Å². The van der Waals surface area contributed by atoms with E-state index in [1.807, 2.05) is 0 Å². The van der Waals surface area contributed by atoms with E-state index < -0.39 is 5.82 Å². The van der Waals surface area contributed by atoms with Gasteiger partial charge in [-0.2, -0.15) is 5.10 Å². The normalized spacial score (nSPS) is 9.12. The van der Waals surface area contributed by atoms with E-state index in [0.717, 1.165) is 6.20 Å². The fourth-order valence-corrected chi connectivity index (χ4v) is 0.376. The smallest absolute Gasteiger partial charge is 0.187 e. The van der Waals surface area contributed by atoms with Gasteiger partial charge in [-0.3, -0.25) is 5.10 Å². The van der Waals surface area contributed by atoms with Crippen LogP contribution in [-0.4, -0.2) is 16.9 Å². The summed E-state index contributed by atoms with van der Waals surface area (Å²) in [5, 5.41) is 5.66. The maximum Gasteiger partial charge on any atom is 0.187 e. The topological polar surface area (TPSA) is 41.0 Å². The highest BCUT2D eigenvalue weighted by Gasteiger charge is 1.97. The molecule has 0 aliphatic rings. The zero-order valence-corrected chi connectivity index (χ0v) is 4.06. The minimum Gasteiger partial charge on any atom is -0.259 e. The van der Waals surface area contributed by atoms with Crippen molar-refractivity contribution in [2.45, 2.75) is 0 Å². The molecule has 4 heteroatoms. The molecule has 0 bridgehead atoms. The first-order valence-corrected chi connectivity index (χ1v) is 2.00. The van der Waals surface area contributed by atoms with Crippen LogP contribution in [0.3, 0.4) is 0 Å². The molecule has 0 saturated carbocycles. The van der Waals surface area contributed by atoms with Gasteiger partial charge in [-0.15, -0.1) is 0 Å². The highest BCUT2D eigenvalue weighted by atomic mass is 19.1. The molecule has 0 radical (unpaired) electrons. The van der Waals surface area contributed by atoms with Crippen molar-refractivity contribution in [1.29, 1.82) is 0 Å². The number of rotatable bonds is 1. The zero-order valence-electron chi connectivity index (χ0n) is 4.06. The quantitative estimate of drug-likeness (QED) is 0.539. The van der Waals surface area contributed by atoms with Crippen LogP contribution in [0.1, 0.15) is 0 Å². The maximum atomic E-state index is 12.1. The Bertz CT molecular complexity index is 193. The summed E-state index contributed by atoms with van der Waals surface area (Å²) in [4.78, 5) is 3.29. The summed E-state index contributed by atoms with van der Waals surface area (Å²) in [5.41, 5.74) is 0. The third-order valence-electron chi connectivity index (χ3n) is 0.733. The summed E-state index contributed by atoms with van der Waals surface area (Å²) in [5.74, 6) is -0.384. The van der Waals surface area contributed by atoms with Crippen molar-refractivity contribution < 1.29 is 4.39 Å². The predicted octanol–water partition coefficient (Wildman–Crippen LogP) is 0.881. The Morgan fingerprint density at radius 2 is 2.62 bits per heavy atom. The van der Waals surface area contributed by atoms with E-state index in [4.69, 9.17) is 0 Å². The number of hydrogen-bond donors (Lipinski definition) is 1. The van der Waals surface area contributed by atoms with Crippen LogP contribution in [0.2, 0.25) is 0 Å². The van der Waals surface area contributed by atoms with Gasteiger partial charge in [-0.25, -0.2) is 9.38 Å². The number of halogens is 1. The lowest BCUT2D eigenvalue weighted by Crippen LogP contribution is -1.64. The molecule has 0 amide bonds. The summed E-state index contributed by atoms with van der Waals surface area (Å²) in [6.07, 6.45) is 1.05. The van der Waals surface area contributed by atoms with Crippen molar-refractivity contribution in [3.63, 3.8) is 0 Å². The van der Waals surface area contributed by atoms with Gasteiger partial charge < -0.3 is 0 Å². The lowest BCUT2D eigenvalue weighted by Gasteiger charge is -1.77. The molecule has 0 fully saturated rings. The fourth-order valence-electron chi connectivity index (χ4n) is 0.376. The Balaban J connectivity index is 3.09. The molecule has 0 aliphatic heterocycles. The number of nitrogens with one attached hydrogen (secondary N) is 1. The van der Waals surface area contributed by atoms with Crippen LogP contribution < -0.4 is 0 Å². The highest BCUT2D eigenvalue weighted by molar-refractivity contribution is 5.38.